The summed E-state index contributed by atoms with van der Waals surface area (Å²) in [6, 6.07) is 0.376. The van der Waals surface area contributed by atoms with E-state index in [0.717, 1.165) is 24.9 Å². The van der Waals surface area contributed by atoms with E-state index >= 15 is 0 Å². The van der Waals surface area contributed by atoms with Crippen molar-refractivity contribution in [3.05, 3.63) is 18.0 Å². The molecule has 2 amide bonds. The molecule has 1 atom stereocenters. The van der Waals surface area contributed by atoms with Crippen LogP contribution in [0.2, 0.25) is 0 Å². The standard InChI is InChI=1S/C12H20N4O/c1-9(2)15-12(17)16-6-4-3-5-11(16)10-7-13-14-8-10/h7-9,11H,3-6H2,1-2H3,(H,13,14)(H,15,17)/t11-/m1/s1. The number of urea groups is 1. The van der Waals surface area contributed by atoms with Gasteiger partial charge in [0.15, 0.2) is 0 Å². The highest BCUT2D eigenvalue weighted by molar-refractivity contribution is 5.75. The molecule has 2 rings (SSSR count). The van der Waals surface area contributed by atoms with Gasteiger partial charge in [-0.15, -0.1) is 0 Å². The number of carbonyl (C=O) groups excluding carboxylic acids is 1. The number of hydrogen-bond donors (Lipinski definition) is 2. The fourth-order valence-electron chi connectivity index (χ4n) is 2.29. The van der Waals surface area contributed by atoms with Gasteiger partial charge in [-0.25, -0.2) is 4.79 Å². The van der Waals surface area contributed by atoms with E-state index in [-0.39, 0.29) is 18.1 Å². The molecule has 0 aromatic carbocycles. The second kappa shape index (κ2) is 5.21. The third kappa shape index (κ3) is 2.78. The molecular weight excluding hydrogens is 216 g/mol. The predicted molar refractivity (Wildman–Crippen MR) is 65.6 cm³/mol. The van der Waals surface area contributed by atoms with Crippen LogP contribution in [0, 0.1) is 0 Å². The van der Waals surface area contributed by atoms with Gasteiger partial charge in [-0.1, -0.05) is 0 Å². The quantitative estimate of drug-likeness (QED) is 0.825. The number of H-pyrrole nitrogens is 1. The number of aromatic amines is 1. The second-order valence-electron chi connectivity index (χ2n) is 4.84. The molecule has 0 unspecified atom stereocenters. The summed E-state index contributed by atoms with van der Waals surface area (Å²) in [5, 5.41) is 9.75. The van der Waals surface area contributed by atoms with Crippen LogP contribution >= 0.6 is 0 Å². The van der Waals surface area contributed by atoms with E-state index < -0.39 is 0 Å². The number of nitrogens with zero attached hydrogens (tertiary/aromatic N) is 2. The first-order valence-electron chi connectivity index (χ1n) is 6.24. The van der Waals surface area contributed by atoms with Crippen molar-refractivity contribution in [2.75, 3.05) is 6.54 Å². The lowest BCUT2D eigenvalue weighted by atomic mass is 9.98. The Morgan fingerprint density at radius 1 is 1.59 bits per heavy atom. The molecule has 0 aliphatic carbocycles. The van der Waals surface area contributed by atoms with E-state index in [1.165, 1.54) is 6.42 Å². The number of piperidine rings is 1. The second-order valence-corrected chi connectivity index (χ2v) is 4.84. The Morgan fingerprint density at radius 3 is 3.06 bits per heavy atom. The highest BCUT2D eigenvalue weighted by atomic mass is 16.2. The molecule has 1 saturated heterocycles. The van der Waals surface area contributed by atoms with Gasteiger partial charge in [-0.2, -0.15) is 5.10 Å². The Kier molecular flexibility index (Phi) is 3.66. The summed E-state index contributed by atoms with van der Waals surface area (Å²) in [4.78, 5) is 14.0. The lowest BCUT2D eigenvalue weighted by molar-refractivity contribution is 0.149. The molecule has 1 aromatic rings. The van der Waals surface area contributed by atoms with Crippen molar-refractivity contribution < 1.29 is 4.79 Å². The van der Waals surface area contributed by atoms with Crippen LogP contribution in [0.3, 0.4) is 0 Å². The Bertz CT molecular complexity index is 361. The minimum absolute atomic E-state index is 0.0332. The average Bonchev–Trinajstić information content (AvgIpc) is 2.81. The van der Waals surface area contributed by atoms with Crippen molar-refractivity contribution in [1.82, 2.24) is 20.4 Å². The zero-order valence-corrected chi connectivity index (χ0v) is 10.4. The van der Waals surface area contributed by atoms with E-state index in [1.54, 1.807) is 0 Å². The summed E-state index contributed by atoms with van der Waals surface area (Å²) >= 11 is 0. The van der Waals surface area contributed by atoms with Crippen LogP contribution in [-0.4, -0.2) is 33.7 Å². The number of hydrogen-bond acceptors (Lipinski definition) is 2. The van der Waals surface area contributed by atoms with Crippen molar-refractivity contribution in [3.8, 4) is 0 Å². The highest BCUT2D eigenvalue weighted by Gasteiger charge is 2.28. The summed E-state index contributed by atoms with van der Waals surface area (Å²) in [5.74, 6) is 0. The topological polar surface area (TPSA) is 61.0 Å². The molecule has 1 aliphatic heterocycles. The summed E-state index contributed by atoms with van der Waals surface area (Å²) < 4.78 is 0. The molecule has 5 nitrogen and oxygen atoms in total. The van der Waals surface area contributed by atoms with Crippen LogP contribution in [0.25, 0.3) is 0 Å². The number of aromatic nitrogens is 2. The molecule has 0 spiro atoms. The molecule has 17 heavy (non-hydrogen) atoms. The van der Waals surface area contributed by atoms with Crippen molar-refractivity contribution in [2.45, 2.75) is 45.2 Å². The smallest absolute Gasteiger partial charge is 0.318 e. The average molecular weight is 236 g/mol. The third-order valence-corrected chi connectivity index (χ3v) is 3.08. The van der Waals surface area contributed by atoms with Crippen LogP contribution in [0.15, 0.2) is 12.4 Å². The normalized spacial score (nSPS) is 20.6. The lowest BCUT2D eigenvalue weighted by Crippen LogP contribution is -2.46. The summed E-state index contributed by atoms with van der Waals surface area (Å²) in [6.07, 6.45) is 6.96. The Morgan fingerprint density at radius 2 is 2.41 bits per heavy atom. The lowest BCUT2D eigenvalue weighted by Gasteiger charge is -2.35. The number of carbonyl (C=O) groups is 1. The van der Waals surface area contributed by atoms with E-state index in [4.69, 9.17) is 0 Å². The van der Waals surface area contributed by atoms with Crippen molar-refractivity contribution in [3.63, 3.8) is 0 Å². The maximum Gasteiger partial charge on any atom is 0.318 e. The molecule has 2 N–H and O–H groups in total. The maximum absolute atomic E-state index is 12.1. The Labute approximate surface area is 102 Å². The van der Waals surface area contributed by atoms with Crippen LogP contribution in [-0.2, 0) is 0 Å². The van der Waals surface area contributed by atoms with Gasteiger partial charge in [0, 0.05) is 24.3 Å². The number of likely N-dealkylation sites (tertiary alicyclic amines) is 1. The van der Waals surface area contributed by atoms with Gasteiger partial charge in [0.25, 0.3) is 0 Å². The van der Waals surface area contributed by atoms with Crippen molar-refractivity contribution >= 4 is 6.03 Å². The molecule has 1 fully saturated rings. The molecule has 0 saturated carbocycles. The fraction of sp³-hybridized carbons (Fsp3) is 0.667. The molecule has 1 aromatic heterocycles. The van der Waals surface area contributed by atoms with Crippen molar-refractivity contribution in [2.24, 2.45) is 0 Å². The minimum atomic E-state index is 0.0332. The maximum atomic E-state index is 12.1. The van der Waals surface area contributed by atoms with Gasteiger partial charge >= 0.3 is 6.03 Å². The van der Waals surface area contributed by atoms with E-state index in [2.05, 4.69) is 15.5 Å². The molecule has 94 valence electrons. The van der Waals surface area contributed by atoms with Gasteiger partial charge in [0.2, 0.25) is 0 Å². The molecular formula is C12H20N4O. The first kappa shape index (κ1) is 12.0. The molecule has 2 heterocycles. The van der Waals surface area contributed by atoms with Gasteiger partial charge in [-0.3, -0.25) is 5.10 Å². The van der Waals surface area contributed by atoms with Gasteiger partial charge in [0.1, 0.15) is 0 Å². The Balaban J connectivity index is 2.09. The van der Waals surface area contributed by atoms with Crippen LogP contribution in [0.4, 0.5) is 4.79 Å². The monoisotopic (exact) mass is 236 g/mol. The van der Waals surface area contributed by atoms with E-state index in [9.17, 15) is 4.79 Å². The predicted octanol–water partition coefficient (Wildman–Crippen LogP) is 2.05. The Hall–Kier alpha value is -1.52. The zero-order chi connectivity index (χ0) is 12.3. The van der Waals surface area contributed by atoms with Crippen LogP contribution < -0.4 is 5.32 Å². The molecule has 0 radical (unpaired) electrons. The number of nitrogens with one attached hydrogen (secondary N) is 2. The third-order valence-electron chi connectivity index (χ3n) is 3.08. The van der Waals surface area contributed by atoms with Gasteiger partial charge < -0.3 is 10.2 Å². The molecule has 5 heteroatoms. The van der Waals surface area contributed by atoms with E-state index in [1.807, 2.05) is 31.1 Å². The first-order chi connectivity index (χ1) is 8.18. The summed E-state index contributed by atoms with van der Waals surface area (Å²) in [6.45, 7) is 4.79. The summed E-state index contributed by atoms with van der Waals surface area (Å²) in [5.41, 5.74) is 1.10. The van der Waals surface area contributed by atoms with E-state index in [0.29, 0.717) is 0 Å². The van der Waals surface area contributed by atoms with Gasteiger partial charge in [0.05, 0.1) is 12.2 Å². The number of amides is 2. The first-order valence-corrected chi connectivity index (χ1v) is 6.24. The van der Waals surface area contributed by atoms with Crippen LogP contribution in [0.5, 0.6) is 0 Å². The SMILES string of the molecule is CC(C)NC(=O)N1CCCC[C@@H]1c1cn[nH]c1. The molecule has 0 bridgehead atoms. The fourth-order valence-corrected chi connectivity index (χ4v) is 2.29. The van der Waals surface area contributed by atoms with Crippen LogP contribution in [0.1, 0.15) is 44.7 Å². The van der Waals surface area contributed by atoms with Gasteiger partial charge in [-0.05, 0) is 33.1 Å². The summed E-state index contributed by atoms with van der Waals surface area (Å²) in [7, 11) is 0. The van der Waals surface area contributed by atoms with Crippen molar-refractivity contribution in [1.29, 1.82) is 0 Å². The molecule has 1 aliphatic rings. The largest absolute Gasteiger partial charge is 0.336 e. The highest BCUT2D eigenvalue weighted by Crippen LogP contribution is 2.30. The zero-order valence-electron chi connectivity index (χ0n) is 10.4. The minimum Gasteiger partial charge on any atom is -0.336 e. The number of rotatable bonds is 2.